The van der Waals surface area contributed by atoms with Crippen molar-refractivity contribution >= 4 is 7.82 Å². The summed E-state index contributed by atoms with van der Waals surface area (Å²) in [5, 5.41) is 0. The molecule has 0 heterocycles. The molecule has 0 aromatic rings. The maximum Gasteiger partial charge on any atom is 0.469 e. The summed E-state index contributed by atoms with van der Waals surface area (Å²) in [4.78, 5) is 21.8. The van der Waals surface area contributed by atoms with Gasteiger partial charge in [-0.2, -0.15) is 0 Å². The van der Waals surface area contributed by atoms with E-state index in [2.05, 4.69) is 14.3 Å². The van der Waals surface area contributed by atoms with Crippen molar-refractivity contribution in [1.29, 1.82) is 0 Å². The second kappa shape index (κ2) is 8.19. The molecule has 0 aromatic heterocycles. The van der Waals surface area contributed by atoms with Crippen molar-refractivity contribution in [3.8, 4) is 0 Å². The first-order chi connectivity index (χ1) is 7.89. The van der Waals surface area contributed by atoms with Crippen LogP contribution in [0.3, 0.4) is 0 Å². The fraction of sp³-hybridized carbons (Fsp3) is 1.00. The molecule has 0 spiro atoms. The predicted octanol–water partition coefficient (Wildman–Crippen LogP) is 1.11. The fourth-order valence-electron chi connectivity index (χ4n) is 1.90. The van der Waals surface area contributed by atoms with Gasteiger partial charge in [0.15, 0.2) is 0 Å². The van der Waals surface area contributed by atoms with Crippen LogP contribution in [0.15, 0.2) is 0 Å². The minimum atomic E-state index is -4.39. The Hall–Kier alpha value is 0.0300. The molecule has 2 N–H and O–H groups in total. The molecule has 0 saturated carbocycles. The summed E-state index contributed by atoms with van der Waals surface area (Å²) in [5.41, 5.74) is 0. The number of nitrogens with zero attached hydrogens (tertiary/aromatic N) is 2. The van der Waals surface area contributed by atoms with Crippen LogP contribution in [0.2, 0.25) is 0 Å². The number of hydrogen-bond donors (Lipinski definition) is 2. The molecule has 0 aromatic carbocycles. The normalized spacial score (nSPS) is 13.0. The summed E-state index contributed by atoms with van der Waals surface area (Å²) in [7, 11) is -4.39. The third-order valence-corrected chi connectivity index (χ3v) is 3.34. The van der Waals surface area contributed by atoms with E-state index in [1.165, 1.54) is 0 Å². The molecule has 0 aliphatic heterocycles. The maximum absolute atomic E-state index is 10.8. The third-order valence-electron chi connectivity index (χ3n) is 2.86. The highest BCUT2D eigenvalue weighted by molar-refractivity contribution is 7.46. The number of phosphoric acid groups is 1. The van der Waals surface area contributed by atoms with Crippen LogP contribution >= 0.6 is 7.82 Å². The Balaban J connectivity index is 4.65. The lowest BCUT2D eigenvalue weighted by Gasteiger charge is -2.37. The van der Waals surface area contributed by atoms with Gasteiger partial charge in [-0.25, -0.2) is 4.57 Å². The van der Waals surface area contributed by atoms with Crippen molar-refractivity contribution in [3.63, 3.8) is 0 Å². The first-order valence-corrected chi connectivity index (χ1v) is 7.60. The Morgan fingerprint density at radius 1 is 1.00 bits per heavy atom. The molecule has 17 heavy (non-hydrogen) atoms. The molecule has 0 radical (unpaired) electrons. The largest absolute Gasteiger partial charge is 0.469 e. The first kappa shape index (κ1) is 17.0. The molecular formula is C10H25N2O4P. The average Bonchev–Trinajstić information content (AvgIpc) is 2.26. The van der Waals surface area contributed by atoms with Crippen LogP contribution in [0.5, 0.6) is 0 Å². The van der Waals surface area contributed by atoms with Gasteiger partial charge in [0.1, 0.15) is 0 Å². The SMILES string of the molecule is CCN(CC)C(COP(=O)(O)O)N(CC)CC. The van der Waals surface area contributed by atoms with E-state index >= 15 is 0 Å². The monoisotopic (exact) mass is 268 g/mol. The molecule has 0 aliphatic rings. The molecule has 0 unspecified atom stereocenters. The lowest BCUT2D eigenvalue weighted by atomic mass is 10.3. The van der Waals surface area contributed by atoms with Crippen molar-refractivity contribution in [2.24, 2.45) is 0 Å². The molecule has 6 nitrogen and oxygen atoms in total. The standard InChI is InChI=1S/C10H25N2O4P/c1-5-11(6-2)10(12(7-3)8-4)9-16-17(13,14)15/h10H,5-9H2,1-4H3,(H2,13,14,15). The van der Waals surface area contributed by atoms with Crippen LogP contribution in [0.1, 0.15) is 27.7 Å². The van der Waals surface area contributed by atoms with Crippen molar-refractivity contribution in [2.45, 2.75) is 33.9 Å². The van der Waals surface area contributed by atoms with Crippen LogP contribution in [0, 0.1) is 0 Å². The molecular weight excluding hydrogens is 243 g/mol. The zero-order chi connectivity index (χ0) is 13.5. The molecule has 7 heteroatoms. The highest BCUT2D eigenvalue weighted by Gasteiger charge is 2.25. The molecule has 0 amide bonds. The van der Waals surface area contributed by atoms with Crippen molar-refractivity contribution in [2.75, 3.05) is 32.8 Å². The Bertz CT molecular complexity index is 226. The van der Waals surface area contributed by atoms with Crippen LogP contribution in [-0.4, -0.2) is 58.5 Å². The lowest BCUT2D eigenvalue weighted by Crippen LogP contribution is -2.50. The summed E-state index contributed by atoms with van der Waals surface area (Å²) in [6, 6.07) is 0. The van der Waals surface area contributed by atoms with Crippen molar-refractivity contribution in [3.05, 3.63) is 0 Å². The van der Waals surface area contributed by atoms with Crippen molar-refractivity contribution < 1.29 is 18.9 Å². The van der Waals surface area contributed by atoms with Gasteiger partial charge < -0.3 is 9.79 Å². The minimum Gasteiger partial charge on any atom is -0.303 e. The molecule has 0 saturated heterocycles. The van der Waals surface area contributed by atoms with Crippen LogP contribution in [0.25, 0.3) is 0 Å². The van der Waals surface area contributed by atoms with Crippen molar-refractivity contribution in [1.82, 2.24) is 9.80 Å². The van der Waals surface area contributed by atoms with Gasteiger partial charge in [0, 0.05) is 0 Å². The number of likely N-dealkylation sites (N-methyl/N-ethyl adjacent to an activating group) is 2. The summed E-state index contributed by atoms with van der Waals surface area (Å²) in [6.07, 6.45) is -0.0902. The van der Waals surface area contributed by atoms with Gasteiger partial charge in [0.25, 0.3) is 0 Å². The quantitative estimate of drug-likeness (QED) is 0.482. The molecule has 104 valence electrons. The minimum absolute atomic E-state index is 0.0215. The Morgan fingerprint density at radius 3 is 1.59 bits per heavy atom. The lowest BCUT2D eigenvalue weighted by molar-refractivity contribution is 0.0119. The van der Waals surface area contributed by atoms with E-state index in [1.54, 1.807) is 0 Å². The van der Waals surface area contributed by atoms with Gasteiger partial charge >= 0.3 is 7.82 Å². The van der Waals surface area contributed by atoms with Gasteiger partial charge in [0.05, 0.1) is 12.8 Å². The second-order valence-corrected chi connectivity index (χ2v) is 4.95. The Kier molecular flexibility index (Phi) is 8.20. The summed E-state index contributed by atoms with van der Waals surface area (Å²) in [5.74, 6) is 0. The fourth-order valence-corrected chi connectivity index (χ4v) is 2.22. The summed E-state index contributed by atoms with van der Waals surface area (Å²) in [6.45, 7) is 11.4. The number of hydrogen-bond acceptors (Lipinski definition) is 4. The van der Waals surface area contributed by atoms with E-state index < -0.39 is 7.82 Å². The van der Waals surface area contributed by atoms with E-state index in [9.17, 15) is 4.57 Å². The number of phosphoric ester groups is 1. The molecule has 0 aliphatic carbocycles. The predicted molar refractivity (Wildman–Crippen MR) is 67.6 cm³/mol. The van der Waals surface area contributed by atoms with E-state index in [0.29, 0.717) is 0 Å². The van der Waals surface area contributed by atoms with Gasteiger partial charge in [-0.15, -0.1) is 0 Å². The van der Waals surface area contributed by atoms with Crippen LogP contribution in [0.4, 0.5) is 0 Å². The van der Waals surface area contributed by atoms with Gasteiger partial charge in [-0.1, -0.05) is 27.7 Å². The topological polar surface area (TPSA) is 73.2 Å². The highest BCUT2D eigenvalue weighted by atomic mass is 31.2. The molecule has 0 atom stereocenters. The van der Waals surface area contributed by atoms with Gasteiger partial charge in [0.2, 0.25) is 0 Å². The molecule has 0 rings (SSSR count). The summed E-state index contributed by atoms with van der Waals surface area (Å²) < 4.78 is 15.4. The molecule has 0 bridgehead atoms. The Morgan fingerprint density at radius 2 is 1.35 bits per heavy atom. The summed E-state index contributed by atoms with van der Waals surface area (Å²) >= 11 is 0. The highest BCUT2D eigenvalue weighted by Crippen LogP contribution is 2.36. The maximum atomic E-state index is 10.8. The van der Waals surface area contributed by atoms with E-state index in [0.717, 1.165) is 26.2 Å². The zero-order valence-electron chi connectivity index (χ0n) is 11.2. The third kappa shape index (κ3) is 6.50. The number of rotatable bonds is 9. The first-order valence-electron chi connectivity index (χ1n) is 6.07. The van der Waals surface area contributed by atoms with Gasteiger partial charge in [-0.05, 0) is 26.2 Å². The van der Waals surface area contributed by atoms with E-state index in [-0.39, 0.29) is 12.8 Å². The smallest absolute Gasteiger partial charge is 0.303 e. The van der Waals surface area contributed by atoms with Crippen LogP contribution < -0.4 is 0 Å². The molecule has 0 fully saturated rings. The average molecular weight is 268 g/mol. The van der Waals surface area contributed by atoms with Crippen LogP contribution in [-0.2, 0) is 9.09 Å². The zero-order valence-corrected chi connectivity index (χ0v) is 12.1. The van der Waals surface area contributed by atoms with Gasteiger partial charge in [-0.3, -0.25) is 14.3 Å². The second-order valence-electron chi connectivity index (χ2n) is 3.71. The van der Waals surface area contributed by atoms with E-state index in [1.807, 2.05) is 27.7 Å². The van der Waals surface area contributed by atoms with E-state index in [4.69, 9.17) is 9.79 Å². The Labute approximate surface area is 104 Å².